The second-order valence-electron chi connectivity index (χ2n) is 5.93. The molecule has 2 aromatic carbocycles. The largest absolute Gasteiger partial charge is 0.384 e. The van der Waals surface area contributed by atoms with Crippen molar-refractivity contribution in [3.05, 3.63) is 54.6 Å². The summed E-state index contributed by atoms with van der Waals surface area (Å²) in [5.41, 5.74) is 11.3. The number of aromatic nitrogens is 2. The molecule has 0 amide bonds. The number of nitrogens with one attached hydrogen (secondary N) is 1. The molecule has 0 aliphatic rings. The van der Waals surface area contributed by atoms with Gasteiger partial charge in [0.25, 0.3) is 0 Å². The molecule has 4 heteroatoms. The van der Waals surface area contributed by atoms with Crippen molar-refractivity contribution in [2.24, 2.45) is 0 Å². The van der Waals surface area contributed by atoms with E-state index in [1.807, 2.05) is 32.3 Å². The van der Waals surface area contributed by atoms with Crippen LogP contribution in [0.4, 0.5) is 11.5 Å². The standard InChI is InChI=1S/C19H18N4/c1-23(2)13-9-7-12(8-10-13)18-19-15(11-17(20)22-18)14-5-3-4-6-16(14)21-19/h3-11,21H,1-2H3,(H2,20,22). The van der Waals surface area contributed by atoms with E-state index in [9.17, 15) is 0 Å². The average Bonchev–Trinajstić information content (AvgIpc) is 2.93. The summed E-state index contributed by atoms with van der Waals surface area (Å²) >= 11 is 0. The fourth-order valence-corrected chi connectivity index (χ4v) is 2.99. The first-order valence-corrected chi connectivity index (χ1v) is 7.58. The van der Waals surface area contributed by atoms with Crippen molar-refractivity contribution in [2.75, 3.05) is 24.7 Å². The third-order valence-electron chi connectivity index (χ3n) is 4.17. The number of anilines is 2. The highest BCUT2D eigenvalue weighted by Gasteiger charge is 2.12. The van der Waals surface area contributed by atoms with Gasteiger partial charge >= 0.3 is 0 Å². The van der Waals surface area contributed by atoms with E-state index >= 15 is 0 Å². The van der Waals surface area contributed by atoms with Gasteiger partial charge in [0.05, 0.1) is 11.2 Å². The van der Waals surface area contributed by atoms with Crippen LogP contribution in [-0.4, -0.2) is 24.1 Å². The molecule has 2 aromatic heterocycles. The molecule has 0 aliphatic heterocycles. The molecule has 0 unspecified atom stereocenters. The van der Waals surface area contributed by atoms with Gasteiger partial charge in [-0.3, -0.25) is 0 Å². The molecular weight excluding hydrogens is 284 g/mol. The predicted octanol–water partition coefficient (Wildman–Crippen LogP) is 4.03. The van der Waals surface area contributed by atoms with E-state index in [-0.39, 0.29) is 0 Å². The monoisotopic (exact) mass is 302 g/mol. The molecule has 2 heterocycles. The van der Waals surface area contributed by atoms with Crippen LogP contribution in [0.1, 0.15) is 0 Å². The first kappa shape index (κ1) is 13.6. The minimum Gasteiger partial charge on any atom is -0.384 e. The van der Waals surface area contributed by atoms with Crippen LogP contribution in [0.5, 0.6) is 0 Å². The van der Waals surface area contributed by atoms with Crippen LogP contribution >= 0.6 is 0 Å². The Hall–Kier alpha value is -3.01. The summed E-state index contributed by atoms with van der Waals surface area (Å²) < 4.78 is 0. The van der Waals surface area contributed by atoms with Crippen LogP contribution in [0, 0.1) is 0 Å². The van der Waals surface area contributed by atoms with Gasteiger partial charge in [-0.25, -0.2) is 4.98 Å². The number of H-pyrrole nitrogens is 1. The van der Waals surface area contributed by atoms with E-state index in [0.29, 0.717) is 5.82 Å². The first-order valence-electron chi connectivity index (χ1n) is 7.58. The van der Waals surface area contributed by atoms with Crippen molar-refractivity contribution in [3.8, 4) is 11.3 Å². The van der Waals surface area contributed by atoms with E-state index < -0.39 is 0 Å². The predicted molar refractivity (Wildman–Crippen MR) is 97.8 cm³/mol. The normalized spacial score (nSPS) is 11.2. The third-order valence-corrected chi connectivity index (χ3v) is 4.17. The lowest BCUT2D eigenvalue weighted by Crippen LogP contribution is -2.08. The van der Waals surface area contributed by atoms with Gasteiger partial charge in [0.2, 0.25) is 0 Å². The number of aromatic amines is 1. The highest BCUT2D eigenvalue weighted by Crippen LogP contribution is 2.33. The molecule has 0 atom stereocenters. The summed E-state index contributed by atoms with van der Waals surface area (Å²) in [6.07, 6.45) is 0. The second kappa shape index (κ2) is 5.02. The van der Waals surface area contributed by atoms with Gasteiger partial charge < -0.3 is 15.6 Å². The van der Waals surface area contributed by atoms with Gasteiger partial charge in [0.1, 0.15) is 5.82 Å². The molecular formula is C19H18N4. The zero-order chi connectivity index (χ0) is 16.0. The number of hydrogen-bond donors (Lipinski definition) is 2. The Kier molecular flexibility index (Phi) is 2.98. The Morgan fingerprint density at radius 1 is 0.957 bits per heavy atom. The van der Waals surface area contributed by atoms with Crippen molar-refractivity contribution in [3.63, 3.8) is 0 Å². The van der Waals surface area contributed by atoms with Gasteiger partial charge in [0, 0.05) is 41.6 Å². The highest BCUT2D eigenvalue weighted by molar-refractivity contribution is 6.11. The number of nitrogens with two attached hydrogens (primary N) is 1. The van der Waals surface area contributed by atoms with Crippen molar-refractivity contribution < 1.29 is 0 Å². The number of rotatable bonds is 2. The maximum absolute atomic E-state index is 6.06. The van der Waals surface area contributed by atoms with Crippen molar-refractivity contribution in [1.29, 1.82) is 0 Å². The van der Waals surface area contributed by atoms with E-state index in [1.165, 1.54) is 5.39 Å². The van der Waals surface area contributed by atoms with Crippen LogP contribution in [0.25, 0.3) is 33.1 Å². The Labute approximate surface area is 134 Å². The smallest absolute Gasteiger partial charge is 0.124 e. The van der Waals surface area contributed by atoms with Gasteiger partial charge in [-0.15, -0.1) is 0 Å². The van der Waals surface area contributed by atoms with Crippen molar-refractivity contribution >= 4 is 33.3 Å². The van der Waals surface area contributed by atoms with E-state index in [1.54, 1.807) is 0 Å². The third kappa shape index (κ3) is 2.19. The minimum atomic E-state index is 0.536. The molecule has 4 aromatic rings. The fraction of sp³-hybridized carbons (Fsp3) is 0.105. The average molecular weight is 302 g/mol. The molecule has 0 radical (unpaired) electrons. The maximum atomic E-state index is 6.06. The first-order chi connectivity index (χ1) is 11.1. The zero-order valence-electron chi connectivity index (χ0n) is 13.2. The molecule has 114 valence electrons. The summed E-state index contributed by atoms with van der Waals surface area (Å²) in [5.74, 6) is 0.536. The molecule has 0 spiro atoms. The number of nitrogen functional groups attached to an aromatic ring is 1. The Morgan fingerprint density at radius 2 is 1.70 bits per heavy atom. The SMILES string of the molecule is CN(C)c1ccc(-c2nc(N)cc3c2[nH]c2ccccc23)cc1. The van der Waals surface area contributed by atoms with Crippen LogP contribution in [0.2, 0.25) is 0 Å². The Bertz CT molecular complexity index is 997. The summed E-state index contributed by atoms with van der Waals surface area (Å²) in [6.45, 7) is 0. The van der Waals surface area contributed by atoms with Crippen molar-refractivity contribution in [1.82, 2.24) is 9.97 Å². The molecule has 0 fully saturated rings. The number of fused-ring (bicyclic) bond motifs is 3. The summed E-state index contributed by atoms with van der Waals surface area (Å²) in [6, 6.07) is 18.5. The molecule has 0 saturated heterocycles. The fourth-order valence-electron chi connectivity index (χ4n) is 2.99. The van der Waals surface area contributed by atoms with Gasteiger partial charge in [-0.05, 0) is 24.3 Å². The van der Waals surface area contributed by atoms with Crippen LogP contribution < -0.4 is 10.6 Å². The number of nitrogens with zero attached hydrogens (tertiary/aromatic N) is 2. The number of pyridine rings is 1. The number of benzene rings is 2. The number of para-hydroxylation sites is 1. The molecule has 0 saturated carbocycles. The van der Waals surface area contributed by atoms with Crippen molar-refractivity contribution in [2.45, 2.75) is 0 Å². The molecule has 4 rings (SSSR count). The Morgan fingerprint density at radius 3 is 2.43 bits per heavy atom. The highest BCUT2D eigenvalue weighted by atomic mass is 15.1. The second-order valence-corrected chi connectivity index (χ2v) is 5.93. The number of hydrogen-bond acceptors (Lipinski definition) is 3. The quantitative estimate of drug-likeness (QED) is 0.587. The summed E-state index contributed by atoms with van der Waals surface area (Å²) in [4.78, 5) is 10.1. The lowest BCUT2D eigenvalue weighted by molar-refractivity contribution is 1.13. The van der Waals surface area contributed by atoms with Crippen LogP contribution in [0.15, 0.2) is 54.6 Å². The maximum Gasteiger partial charge on any atom is 0.124 e. The summed E-state index contributed by atoms with van der Waals surface area (Å²) in [7, 11) is 4.06. The molecule has 0 aliphatic carbocycles. The van der Waals surface area contributed by atoms with E-state index in [0.717, 1.165) is 33.4 Å². The minimum absolute atomic E-state index is 0.536. The zero-order valence-corrected chi connectivity index (χ0v) is 13.2. The molecule has 0 bridgehead atoms. The lowest BCUT2D eigenvalue weighted by Gasteiger charge is -2.13. The van der Waals surface area contributed by atoms with Gasteiger partial charge in [-0.2, -0.15) is 0 Å². The van der Waals surface area contributed by atoms with E-state index in [4.69, 9.17) is 5.73 Å². The van der Waals surface area contributed by atoms with Crippen LogP contribution in [-0.2, 0) is 0 Å². The summed E-state index contributed by atoms with van der Waals surface area (Å²) in [5, 5.41) is 2.28. The molecule has 3 N–H and O–H groups in total. The molecule has 23 heavy (non-hydrogen) atoms. The topological polar surface area (TPSA) is 57.9 Å². The van der Waals surface area contributed by atoms with Gasteiger partial charge in [0.15, 0.2) is 0 Å². The Balaban J connectivity index is 1.99. The van der Waals surface area contributed by atoms with Gasteiger partial charge in [-0.1, -0.05) is 30.3 Å². The van der Waals surface area contributed by atoms with Crippen LogP contribution in [0.3, 0.4) is 0 Å². The lowest BCUT2D eigenvalue weighted by atomic mass is 10.1. The van der Waals surface area contributed by atoms with E-state index in [2.05, 4.69) is 51.3 Å². The molecule has 4 nitrogen and oxygen atoms in total.